The number of ether oxygens (including phenoxy) is 1. The quantitative estimate of drug-likeness (QED) is 0.541. The Balaban J connectivity index is 1.36. The molecule has 1 atom stereocenters. The van der Waals surface area contributed by atoms with Gasteiger partial charge in [0.2, 0.25) is 0 Å². The molecule has 5 rings (SSSR count). The lowest BCUT2D eigenvalue weighted by atomic mass is 10.1. The van der Waals surface area contributed by atoms with Gasteiger partial charge in [-0.15, -0.1) is 0 Å². The fraction of sp³-hybridized carbons (Fsp3) is 0.190. The molecule has 1 aliphatic heterocycles. The van der Waals surface area contributed by atoms with Gasteiger partial charge in [-0.2, -0.15) is 0 Å². The van der Waals surface area contributed by atoms with Crippen molar-refractivity contribution in [2.24, 2.45) is 0 Å². The smallest absolute Gasteiger partial charge is 0.279 e. The third kappa shape index (κ3) is 3.03. The highest BCUT2D eigenvalue weighted by molar-refractivity contribution is 7.22. The molecular weight excluding hydrogens is 374 g/mol. The number of fused-ring (bicyclic) bond motifs is 2. The molecule has 4 aromatic rings. The van der Waals surface area contributed by atoms with Crippen molar-refractivity contribution < 1.29 is 14.1 Å². The van der Waals surface area contributed by atoms with Gasteiger partial charge in [0.15, 0.2) is 16.6 Å². The summed E-state index contributed by atoms with van der Waals surface area (Å²) in [6, 6.07) is 13.5. The maximum Gasteiger partial charge on any atom is 0.279 e. The molecule has 7 heteroatoms. The molecule has 140 valence electrons. The minimum Gasteiger partial charge on any atom is -0.490 e. The van der Waals surface area contributed by atoms with Crippen LogP contribution in [-0.4, -0.2) is 22.2 Å². The number of hydrogen-bond donors (Lipinski definition) is 1. The SMILES string of the molecule is Cc1ccc2nc(NC(=O)c3cc(-c4ccc5c(c4)C[C@@H](C)O5)on3)sc2c1. The maximum atomic E-state index is 12.5. The lowest BCUT2D eigenvalue weighted by Crippen LogP contribution is -2.11. The number of nitrogens with one attached hydrogen (secondary N) is 1. The van der Waals surface area contributed by atoms with Crippen LogP contribution in [0.3, 0.4) is 0 Å². The van der Waals surface area contributed by atoms with Gasteiger partial charge >= 0.3 is 0 Å². The highest BCUT2D eigenvalue weighted by Gasteiger charge is 2.21. The number of aromatic nitrogens is 2. The molecule has 0 aliphatic carbocycles. The molecule has 1 N–H and O–H groups in total. The predicted octanol–water partition coefficient (Wildman–Crippen LogP) is 4.84. The molecular formula is C21H17N3O3S. The van der Waals surface area contributed by atoms with E-state index in [1.807, 2.05) is 44.2 Å². The molecule has 0 radical (unpaired) electrons. The normalized spacial score (nSPS) is 15.4. The van der Waals surface area contributed by atoms with Crippen molar-refractivity contribution in [1.82, 2.24) is 10.1 Å². The van der Waals surface area contributed by atoms with Crippen molar-refractivity contribution in [3.8, 4) is 17.1 Å². The van der Waals surface area contributed by atoms with E-state index in [9.17, 15) is 4.79 Å². The lowest BCUT2D eigenvalue weighted by Gasteiger charge is -2.02. The zero-order chi connectivity index (χ0) is 19.3. The summed E-state index contributed by atoms with van der Waals surface area (Å²) in [5.74, 6) is 1.11. The zero-order valence-electron chi connectivity index (χ0n) is 15.4. The van der Waals surface area contributed by atoms with E-state index in [2.05, 4.69) is 21.5 Å². The molecule has 1 aliphatic rings. The van der Waals surface area contributed by atoms with Crippen molar-refractivity contribution in [2.75, 3.05) is 5.32 Å². The van der Waals surface area contributed by atoms with Crippen molar-refractivity contribution in [2.45, 2.75) is 26.4 Å². The van der Waals surface area contributed by atoms with Gasteiger partial charge < -0.3 is 9.26 Å². The molecule has 0 bridgehead atoms. The van der Waals surface area contributed by atoms with E-state index in [0.717, 1.165) is 39.1 Å². The van der Waals surface area contributed by atoms with E-state index >= 15 is 0 Å². The number of carbonyl (C=O) groups is 1. The number of carbonyl (C=O) groups excluding carboxylic acids is 1. The van der Waals surface area contributed by atoms with Gasteiger partial charge in [0, 0.05) is 18.1 Å². The number of hydrogen-bond acceptors (Lipinski definition) is 6. The zero-order valence-corrected chi connectivity index (χ0v) is 16.2. The number of amides is 1. The molecule has 2 aromatic carbocycles. The average Bonchev–Trinajstić information content (AvgIpc) is 3.37. The number of rotatable bonds is 3. The standard InChI is InChI=1S/C21H17N3O3S/c1-11-3-5-15-19(7-11)28-21(22-15)23-20(25)16-10-18(27-24-16)13-4-6-17-14(9-13)8-12(2)26-17/h3-7,9-10,12H,8H2,1-2H3,(H,22,23,25)/t12-/m1/s1. The van der Waals surface area contributed by atoms with Crippen LogP contribution in [0.2, 0.25) is 0 Å². The van der Waals surface area contributed by atoms with E-state index in [1.165, 1.54) is 11.3 Å². The Kier molecular flexibility index (Phi) is 3.91. The van der Waals surface area contributed by atoms with Crippen LogP contribution in [0, 0.1) is 6.92 Å². The molecule has 0 unspecified atom stereocenters. The highest BCUT2D eigenvalue weighted by atomic mass is 32.1. The summed E-state index contributed by atoms with van der Waals surface area (Å²) in [6.07, 6.45) is 1.04. The molecule has 0 saturated carbocycles. The van der Waals surface area contributed by atoms with E-state index < -0.39 is 0 Å². The number of benzene rings is 2. The molecule has 0 saturated heterocycles. The summed E-state index contributed by atoms with van der Waals surface area (Å²) in [5, 5.41) is 7.27. The first-order valence-corrected chi connectivity index (χ1v) is 9.82. The first-order chi connectivity index (χ1) is 13.5. The summed E-state index contributed by atoms with van der Waals surface area (Å²) in [7, 11) is 0. The number of thiazole rings is 1. The van der Waals surface area contributed by atoms with E-state index in [1.54, 1.807) is 6.07 Å². The molecule has 28 heavy (non-hydrogen) atoms. The summed E-state index contributed by atoms with van der Waals surface area (Å²) in [4.78, 5) is 17.0. The Bertz CT molecular complexity index is 1210. The Morgan fingerprint density at radius 3 is 3.00 bits per heavy atom. The van der Waals surface area contributed by atoms with Crippen LogP contribution >= 0.6 is 11.3 Å². The summed E-state index contributed by atoms with van der Waals surface area (Å²) >= 11 is 1.44. The van der Waals surface area contributed by atoms with E-state index in [0.29, 0.717) is 10.9 Å². The Labute approximate surface area is 165 Å². The van der Waals surface area contributed by atoms with Gasteiger partial charge in [-0.25, -0.2) is 4.98 Å². The van der Waals surface area contributed by atoms with Crippen LogP contribution in [0.1, 0.15) is 28.5 Å². The second kappa shape index (κ2) is 6.45. The highest BCUT2D eigenvalue weighted by Crippen LogP contribution is 2.33. The minimum absolute atomic E-state index is 0.180. The Morgan fingerprint density at radius 2 is 2.11 bits per heavy atom. The van der Waals surface area contributed by atoms with Gasteiger partial charge in [-0.05, 0) is 55.3 Å². The molecule has 6 nitrogen and oxygen atoms in total. The van der Waals surface area contributed by atoms with E-state index in [4.69, 9.17) is 9.26 Å². The third-order valence-electron chi connectivity index (χ3n) is 4.69. The number of aryl methyl sites for hydroxylation is 1. The Hall–Kier alpha value is -3.19. The van der Waals surface area contributed by atoms with Crippen LogP contribution < -0.4 is 10.1 Å². The summed E-state index contributed by atoms with van der Waals surface area (Å²) in [5.41, 5.74) is 4.25. The maximum absolute atomic E-state index is 12.5. The largest absolute Gasteiger partial charge is 0.490 e. The van der Waals surface area contributed by atoms with Gasteiger partial charge in [-0.3, -0.25) is 10.1 Å². The van der Waals surface area contributed by atoms with Crippen LogP contribution in [-0.2, 0) is 6.42 Å². The first kappa shape index (κ1) is 16.9. The first-order valence-electron chi connectivity index (χ1n) is 9.00. The van der Waals surface area contributed by atoms with Crippen molar-refractivity contribution in [1.29, 1.82) is 0 Å². The second-order valence-corrected chi connectivity index (χ2v) is 8.01. The molecule has 0 fully saturated rings. The van der Waals surface area contributed by atoms with Crippen LogP contribution in [0.15, 0.2) is 47.0 Å². The van der Waals surface area contributed by atoms with Gasteiger partial charge in [-0.1, -0.05) is 22.6 Å². The van der Waals surface area contributed by atoms with Gasteiger partial charge in [0.25, 0.3) is 5.91 Å². The number of anilines is 1. The molecule has 3 heterocycles. The minimum atomic E-state index is -0.344. The monoisotopic (exact) mass is 391 g/mol. The molecule has 2 aromatic heterocycles. The van der Waals surface area contributed by atoms with Crippen molar-refractivity contribution >= 4 is 32.6 Å². The van der Waals surface area contributed by atoms with Crippen molar-refractivity contribution in [3.63, 3.8) is 0 Å². The number of nitrogens with zero attached hydrogens (tertiary/aromatic N) is 2. The fourth-order valence-corrected chi connectivity index (χ4v) is 4.30. The topological polar surface area (TPSA) is 77.2 Å². The van der Waals surface area contributed by atoms with Crippen molar-refractivity contribution in [3.05, 3.63) is 59.3 Å². The lowest BCUT2D eigenvalue weighted by molar-refractivity contribution is 0.101. The molecule has 1 amide bonds. The van der Waals surface area contributed by atoms with E-state index in [-0.39, 0.29) is 17.7 Å². The average molecular weight is 391 g/mol. The second-order valence-electron chi connectivity index (χ2n) is 6.98. The predicted molar refractivity (Wildman–Crippen MR) is 108 cm³/mol. The van der Waals surface area contributed by atoms with Crippen LogP contribution in [0.5, 0.6) is 5.75 Å². The van der Waals surface area contributed by atoms with Crippen LogP contribution in [0.4, 0.5) is 5.13 Å². The third-order valence-corrected chi connectivity index (χ3v) is 5.62. The Morgan fingerprint density at radius 1 is 1.21 bits per heavy atom. The summed E-state index contributed by atoms with van der Waals surface area (Å²) in [6.45, 7) is 4.07. The summed E-state index contributed by atoms with van der Waals surface area (Å²) < 4.78 is 12.2. The molecule has 0 spiro atoms. The van der Waals surface area contributed by atoms with Crippen LogP contribution in [0.25, 0.3) is 21.5 Å². The van der Waals surface area contributed by atoms with Gasteiger partial charge in [0.05, 0.1) is 10.2 Å². The fourth-order valence-electron chi connectivity index (χ4n) is 3.34. The van der Waals surface area contributed by atoms with Gasteiger partial charge in [0.1, 0.15) is 11.9 Å².